The Labute approximate surface area is 96.2 Å². The Kier molecular flexibility index (Phi) is 3.90. The third-order valence-electron chi connectivity index (χ3n) is 3.24. The van der Waals surface area contributed by atoms with E-state index in [2.05, 4.69) is 32.1 Å². The minimum atomic E-state index is 0.600. The van der Waals surface area contributed by atoms with Crippen molar-refractivity contribution in [3.63, 3.8) is 0 Å². The number of aromatic nitrogens is 2. The molecule has 1 fully saturated rings. The molecule has 0 amide bonds. The Balaban J connectivity index is 1.69. The van der Waals surface area contributed by atoms with Crippen LogP contribution in [-0.2, 0) is 6.54 Å². The highest BCUT2D eigenvalue weighted by molar-refractivity contribution is 5.03. The number of rotatable bonds is 5. The number of nitrogens with one attached hydrogen (secondary N) is 1. The Hall–Kier alpha value is -0.940. The number of likely N-dealkylation sites (tertiary alicyclic amines) is 1. The zero-order valence-corrected chi connectivity index (χ0v) is 10.1. The van der Waals surface area contributed by atoms with Crippen molar-refractivity contribution < 1.29 is 4.63 Å². The van der Waals surface area contributed by atoms with Gasteiger partial charge in [-0.2, -0.15) is 0 Å². The fourth-order valence-corrected chi connectivity index (χ4v) is 2.12. The summed E-state index contributed by atoms with van der Waals surface area (Å²) in [4.78, 5) is 2.53. The summed E-state index contributed by atoms with van der Waals surface area (Å²) in [6.45, 7) is 8.41. The number of hydrogen-bond donors (Lipinski definition) is 1. The molecule has 2 rings (SSSR count). The van der Waals surface area contributed by atoms with Crippen molar-refractivity contribution in [2.24, 2.45) is 0 Å². The topological polar surface area (TPSA) is 54.2 Å². The summed E-state index contributed by atoms with van der Waals surface area (Å²) in [5, 5.41) is 11.0. The molecule has 5 nitrogen and oxygen atoms in total. The van der Waals surface area contributed by atoms with Crippen LogP contribution in [0.25, 0.3) is 0 Å². The zero-order chi connectivity index (χ0) is 11.4. The average molecular weight is 224 g/mol. The molecule has 16 heavy (non-hydrogen) atoms. The van der Waals surface area contributed by atoms with Crippen molar-refractivity contribution in [1.82, 2.24) is 20.5 Å². The molecule has 90 valence electrons. The molecular formula is C11H20N4O. The summed E-state index contributed by atoms with van der Waals surface area (Å²) in [6, 6.07) is 0.600. The molecule has 0 aromatic carbocycles. The number of aryl methyl sites for hydroxylation is 1. The third-order valence-corrected chi connectivity index (χ3v) is 3.24. The van der Waals surface area contributed by atoms with Crippen LogP contribution in [0.15, 0.2) is 4.63 Å². The molecule has 0 saturated carbocycles. The first kappa shape index (κ1) is 11.5. The Morgan fingerprint density at radius 1 is 1.38 bits per heavy atom. The van der Waals surface area contributed by atoms with E-state index < -0.39 is 0 Å². The zero-order valence-electron chi connectivity index (χ0n) is 10.1. The van der Waals surface area contributed by atoms with Crippen LogP contribution in [0, 0.1) is 6.92 Å². The molecule has 1 saturated heterocycles. The monoisotopic (exact) mass is 224 g/mol. The van der Waals surface area contributed by atoms with E-state index in [1.165, 1.54) is 25.9 Å². The molecule has 0 bridgehead atoms. The Bertz CT molecular complexity index is 320. The van der Waals surface area contributed by atoms with Gasteiger partial charge in [0.25, 0.3) is 0 Å². The molecule has 1 atom stereocenters. The molecule has 1 aliphatic rings. The van der Waals surface area contributed by atoms with Gasteiger partial charge in [-0.15, -0.1) is 0 Å². The van der Waals surface area contributed by atoms with E-state index in [4.69, 9.17) is 0 Å². The van der Waals surface area contributed by atoms with E-state index in [-0.39, 0.29) is 0 Å². The van der Waals surface area contributed by atoms with Crippen LogP contribution in [0.1, 0.15) is 31.2 Å². The van der Waals surface area contributed by atoms with Crippen LogP contribution in [0.5, 0.6) is 0 Å². The minimum absolute atomic E-state index is 0.600. The second-order valence-corrected chi connectivity index (χ2v) is 4.52. The van der Waals surface area contributed by atoms with Crippen LogP contribution >= 0.6 is 0 Å². The molecule has 1 unspecified atom stereocenters. The van der Waals surface area contributed by atoms with Crippen LogP contribution in [0.3, 0.4) is 0 Å². The predicted octanol–water partition coefficient (Wildman–Crippen LogP) is 0.952. The van der Waals surface area contributed by atoms with Crippen molar-refractivity contribution in [1.29, 1.82) is 0 Å². The second-order valence-electron chi connectivity index (χ2n) is 4.52. The maximum absolute atomic E-state index is 4.65. The predicted molar refractivity (Wildman–Crippen MR) is 61.0 cm³/mol. The largest absolute Gasteiger partial charge is 0.309 e. The first-order chi connectivity index (χ1) is 7.77. The van der Waals surface area contributed by atoms with Crippen molar-refractivity contribution in [3.05, 3.63) is 11.4 Å². The van der Waals surface area contributed by atoms with Gasteiger partial charge in [-0.3, -0.25) is 4.90 Å². The van der Waals surface area contributed by atoms with Gasteiger partial charge in [0.05, 0.1) is 0 Å². The van der Waals surface area contributed by atoms with E-state index >= 15 is 0 Å². The second kappa shape index (κ2) is 5.41. The van der Waals surface area contributed by atoms with Crippen LogP contribution in [0.2, 0.25) is 0 Å². The fourth-order valence-electron chi connectivity index (χ4n) is 2.12. The third kappa shape index (κ3) is 2.80. The fraction of sp³-hybridized carbons (Fsp3) is 0.818. The highest BCUT2D eigenvalue weighted by Crippen LogP contribution is 2.10. The van der Waals surface area contributed by atoms with Gasteiger partial charge in [0, 0.05) is 19.1 Å². The number of hydrogen-bond acceptors (Lipinski definition) is 5. The summed E-state index contributed by atoms with van der Waals surface area (Å²) >= 11 is 0. The van der Waals surface area contributed by atoms with Gasteiger partial charge in [-0.25, -0.2) is 4.63 Å². The number of nitrogens with zero attached hydrogens (tertiary/aromatic N) is 3. The maximum Gasteiger partial charge on any atom is 0.121 e. The van der Waals surface area contributed by atoms with Gasteiger partial charge < -0.3 is 5.32 Å². The van der Waals surface area contributed by atoms with E-state index in [1.807, 2.05) is 6.92 Å². The molecule has 1 N–H and O–H groups in total. The Morgan fingerprint density at radius 2 is 2.12 bits per heavy atom. The molecule has 0 radical (unpaired) electrons. The molecular weight excluding hydrogens is 204 g/mol. The summed E-state index contributed by atoms with van der Waals surface area (Å²) in [5.74, 6) is 0. The van der Waals surface area contributed by atoms with Gasteiger partial charge in [0.1, 0.15) is 11.4 Å². The summed E-state index contributed by atoms with van der Waals surface area (Å²) in [6.07, 6.45) is 2.69. The van der Waals surface area contributed by atoms with Crippen LogP contribution in [-0.4, -0.2) is 40.9 Å². The quantitative estimate of drug-likeness (QED) is 0.807. The van der Waals surface area contributed by atoms with Gasteiger partial charge in [0.15, 0.2) is 0 Å². The van der Waals surface area contributed by atoms with E-state index in [1.54, 1.807) is 0 Å². The van der Waals surface area contributed by atoms with Crippen molar-refractivity contribution in [3.8, 4) is 0 Å². The lowest BCUT2D eigenvalue weighted by Gasteiger charge is -2.23. The standard InChI is InChI=1S/C11H20N4O/c1-9(15-5-3-4-6-15)7-12-8-11-10(2)13-16-14-11/h9,12H,3-8H2,1-2H3. The molecule has 2 heterocycles. The van der Waals surface area contributed by atoms with Gasteiger partial charge in [-0.1, -0.05) is 10.3 Å². The maximum atomic E-state index is 4.65. The lowest BCUT2D eigenvalue weighted by atomic mass is 10.3. The summed E-state index contributed by atoms with van der Waals surface area (Å²) in [7, 11) is 0. The lowest BCUT2D eigenvalue weighted by Crippen LogP contribution is -2.38. The SMILES string of the molecule is Cc1nonc1CNCC(C)N1CCCC1. The van der Waals surface area contributed by atoms with E-state index in [0.717, 1.165) is 24.5 Å². The van der Waals surface area contributed by atoms with Crippen LogP contribution in [0.4, 0.5) is 0 Å². The lowest BCUT2D eigenvalue weighted by molar-refractivity contribution is 0.250. The highest BCUT2D eigenvalue weighted by Gasteiger charge is 2.17. The van der Waals surface area contributed by atoms with Gasteiger partial charge in [0.2, 0.25) is 0 Å². The smallest absolute Gasteiger partial charge is 0.121 e. The molecule has 0 spiro atoms. The highest BCUT2D eigenvalue weighted by atomic mass is 16.6. The molecule has 1 aromatic heterocycles. The Morgan fingerprint density at radius 3 is 2.75 bits per heavy atom. The molecule has 5 heteroatoms. The first-order valence-corrected chi connectivity index (χ1v) is 6.00. The van der Waals surface area contributed by atoms with Crippen molar-refractivity contribution in [2.45, 2.75) is 39.3 Å². The molecule has 0 aliphatic carbocycles. The first-order valence-electron chi connectivity index (χ1n) is 6.00. The van der Waals surface area contributed by atoms with Crippen molar-refractivity contribution >= 4 is 0 Å². The summed E-state index contributed by atoms with van der Waals surface area (Å²) < 4.78 is 4.65. The van der Waals surface area contributed by atoms with Crippen molar-refractivity contribution in [2.75, 3.05) is 19.6 Å². The van der Waals surface area contributed by atoms with Gasteiger partial charge in [-0.05, 0) is 39.8 Å². The molecule has 1 aromatic rings. The van der Waals surface area contributed by atoms with E-state index in [0.29, 0.717) is 6.04 Å². The molecule has 1 aliphatic heterocycles. The van der Waals surface area contributed by atoms with Crippen LogP contribution < -0.4 is 5.32 Å². The normalized spacial score (nSPS) is 19.1. The minimum Gasteiger partial charge on any atom is -0.309 e. The van der Waals surface area contributed by atoms with Gasteiger partial charge >= 0.3 is 0 Å². The van der Waals surface area contributed by atoms with E-state index in [9.17, 15) is 0 Å². The summed E-state index contributed by atoms with van der Waals surface area (Å²) in [5.41, 5.74) is 1.79. The average Bonchev–Trinajstić information content (AvgIpc) is 2.90.